The van der Waals surface area contributed by atoms with Crippen molar-refractivity contribution in [1.29, 1.82) is 0 Å². The first kappa shape index (κ1) is 16.0. The summed E-state index contributed by atoms with van der Waals surface area (Å²) in [7, 11) is 0. The zero-order chi connectivity index (χ0) is 18.1. The van der Waals surface area contributed by atoms with Crippen molar-refractivity contribution in [2.45, 2.75) is 13.3 Å². The average molecular weight is 349 g/mol. The third-order valence-electron chi connectivity index (χ3n) is 4.21. The molecule has 2 aromatic heterocycles. The zero-order valence-electron chi connectivity index (χ0n) is 13.9. The van der Waals surface area contributed by atoms with Crippen LogP contribution in [0.1, 0.15) is 23.8 Å². The van der Waals surface area contributed by atoms with E-state index in [0.29, 0.717) is 17.2 Å². The van der Waals surface area contributed by atoms with Gasteiger partial charge in [0.05, 0.1) is 12.0 Å². The molecule has 2 amide bonds. The van der Waals surface area contributed by atoms with Crippen LogP contribution in [0.15, 0.2) is 74.0 Å². The van der Waals surface area contributed by atoms with Crippen LogP contribution in [0, 0.1) is 5.92 Å². The summed E-state index contributed by atoms with van der Waals surface area (Å²) in [5.74, 6) is 0.160. The fourth-order valence-electron chi connectivity index (χ4n) is 2.95. The number of aliphatic imine (C=N–C) groups is 1. The molecule has 7 heteroatoms. The Balaban J connectivity index is 1.57. The van der Waals surface area contributed by atoms with Crippen LogP contribution in [-0.4, -0.2) is 22.7 Å². The maximum atomic E-state index is 12.3. The molecule has 3 heterocycles. The minimum absolute atomic E-state index is 0.0179. The molecule has 1 aliphatic heterocycles. The van der Waals surface area contributed by atoms with E-state index in [9.17, 15) is 9.59 Å². The summed E-state index contributed by atoms with van der Waals surface area (Å²) in [6.45, 7) is 2.00. The average Bonchev–Trinajstić information content (AvgIpc) is 3.31. The van der Waals surface area contributed by atoms with E-state index in [2.05, 4.69) is 15.5 Å². The molecule has 0 bridgehead atoms. The summed E-state index contributed by atoms with van der Waals surface area (Å²) in [5.41, 5.74) is 2.28. The predicted octanol–water partition coefficient (Wildman–Crippen LogP) is 3.05. The van der Waals surface area contributed by atoms with Crippen molar-refractivity contribution >= 4 is 17.5 Å². The van der Waals surface area contributed by atoms with E-state index in [0.717, 1.165) is 17.7 Å². The molecule has 130 valence electrons. The maximum Gasteiger partial charge on any atom is 0.299 e. The van der Waals surface area contributed by atoms with Crippen molar-refractivity contribution in [3.8, 4) is 11.5 Å². The summed E-state index contributed by atoms with van der Waals surface area (Å²) in [6.07, 6.45) is 9.29. The van der Waals surface area contributed by atoms with E-state index < -0.39 is 5.91 Å². The molecule has 0 saturated heterocycles. The first-order valence-corrected chi connectivity index (χ1v) is 8.19. The largest absolute Gasteiger partial charge is 0.461 e. The van der Waals surface area contributed by atoms with E-state index >= 15 is 0 Å². The van der Waals surface area contributed by atoms with Gasteiger partial charge in [-0.2, -0.15) is 0 Å². The maximum absolute atomic E-state index is 12.3. The number of aromatic nitrogens is 1. The van der Waals surface area contributed by atoms with E-state index in [4.69, 9.17) is 8.94 Å². The van der Waals surface area contributed by atoms with Crippen LogP contribution in [0.5, 0.6) is 0 Å². The normalized spacial score (nSPS) is 20.4. The SMILES string of the molecule is CCC1=CC(=O)NC2=CC(=NC(=O)c3cc(-c4ccco4)on3)C=CC12. The summed E-state index contributed by atoms with van der Waals surface area (Å²) < 4.78 is 10.3. The number of rotatable bonds is 3. The Labute approximate surface area is 148 Å². The lowest BCUT2D eigenvalue weighted by molar-refractivity contribution is -0.116. The van der Waals surface area contributed by atoms with Gasteiger partial charge in [0.25, 0.3) is 5.91 Å². The van der Waals surface area contributed by atoms with Gasteiger partial charge in [0.1, 0.15) is 0 Å². The van der Waals surface area contributed by atoms with Crippen molar-refractivity contribution in [3.05, 3.63) is 65.7 Å². The number of amides is 2. The number of allylic oxidation sites excluding steroid dienone is 3. The van der Waals surface area contributed by atoms with E-state index in [1.165, 1.54) is 12.3 Å². The summed E-state index contributed by atoms with van der Waals surface area (Å²) in [6, 6.07) is 4.90. The number of hydrogen-bond donors (Lipinski definition) is 1. The molecule has 26 heavy (non-hydrogen) atoms. The lowest BCUT2D eigenvalue weighted by Gasteiger charge is -2.26. The Kier molecular flexibility index (Phi) is 3.96. The van der Waals surface area contributed by atoms with Gasteiger partial charge in [0, 0.05) is 23.8 Å². The lowest BCUT2D eigenvalue weighted by Crippen LogP contribution is -2.33. The van der Waals surface area contributed by atoms with Gasteiger partial charge >= 0.3 is 0 Å². The van der Waals surface area contributed by atoms with Gasteiger partial charge in [-0.1, -0.05) is 23.7 Å². The molecular weight excluding hydrogens is 334 g/mol. The molecule has 0 spiro atoms. The van der Waals surface area contributed by atoms with Crippen LogP contribution >= 0.6 is 0 Å². The number of hydrogen-bond acceptors (Lipinski definition) is 5. The number of fused-ring (bicyclic) bond motifs is 1. The van der Waals surface area contributed by atoms with Gasteiger partial charge in [-0.15, -0.1) is 0 Å². The number of carbonyl (C=O) groups is 2. The summed E-state index contributed by atoms with van der Waals surface area (Å²) in [4.78, 5) is 28.2. The monoisotopic (exact) mass is 349 g/mol. The predicted molar refractivity (Wildman–Crippen MR) is 93.2 cm³/mol. The van der Waals surface area contributed by atoms with Crippen LogP contribution < -0.4 is 5.32 Å². The van der Waals surface area contributed by atoms with Crippen LogP contribution in [0.2, 0.25) is 0 Å². The van der Waals surface area contributed by atoms with E-state index in [1.807, 2.05) is 13.0 Å². The first-order valence-electron chi connectivity index (χ1n) is 8.19. The van der Waals surface area contributed by atoms with Crippen LogP contribution in [0.4, 0.5) is 0 Å². The molecule has 4 rings (SSSR count). The molecule has 0 aromatic carbocycles. The summed E-state index contributed by atoms with van der Waals surface area (Å²) >= 11 is 0. The molecule has 0 saturated carbocycles. The molecule has 2 aliphatic rings. The highest BCUT2D eigenvalue weighted by Crippen LogP contribution is 2.29. The molecule has 2 aromatic rings. The highest BCUT2D eigenvalue weighted by molar-refractivity contribution is 6.13. The minimum Gasteiger partial charge on any atom is -0.461 e. The smallest absolute Gasteiger partial charge is 0.299 e. The number of nitrogens with one attached hydrogen (secondary N) is 1. The van der Waals surface area contributed by atoms with Crippen molar-refractivity contribution < 1.29 is 18.5 Å². The van der Waals surface area contributed by atoms with Gasteiger partial charge in [-0.3, -0.25) is 9.59 Å². The van der Waals surface area contributed by atoms with Crippen LogP contribution in [0.3, 0.4) is 0 Å². The highest BCUT2D eigenvalue weighted by Gasteiger charge is 2.25. The van der Waals surface area contributed by atoms with Gasteiger partial charge in [-0.25, -0.2) is 4.99 Å². The first-order chi connectivity index (χ1) is 12.6. The second kappa shape index (κ2) is 6.44. The Morgan fingerprint density at radius 1 is 1.35 bits per heavy atom. The number of nitrogens with zero attached hydrogens (tertiary/aromatic N) is 2. The molecule has 1 atom stereocenters. The number of furan rings is 1. The third kappa shape index (κ3) is 2.95. The zero-order valence-corrected chi connectivity index (χ0v) is 13.9. The van der Waals surface area contributed by atoms with Crippen LogP contribution in [0.25, 0.3) is 11.5 Å². The van der Waals surface area contributed by atoms with E-state index in [-0.39, 0.29) is 17.5 Å². The van der Waals surface area contributed by atoms with Crippen molar-refractivity contribution in [2.75, 3.05) is 0 Å². The number of carbonyl (C=O) groups excluding carboxylic acids is 2. The Bertz CT molecular complexity index is 990. The van der Waals surface area contributed by atoms with Crippen molar-refractivity contribution in [1.82, 2.24) is 10.5 Å². The van der Waals surface area contributed by atoms with Gasteiger partial charge in [0.15, 0.2) is 11.5 Å². The lowest BCUT2D eigenvalue weighted by atomic mass is 9.86. The fourth-order valence-corrected chi connectivity index (χ4v) is 2.95. The molecule has 0 fully saturated rings. The topological polar surface area (TPSA) is 97.7 Å². The highest BCUT2D eigenvalue weighted by atomic mass is 16.5. The van der Waals surface area contributed by atoms with Gasteiger partial charge in [0.2, 0.25) is 11.7 Å². The van der Waals surface area contributed by atoms with Crippen molar-refractivity contribution in [3.63, 3.8) is 0 Å². The standard InChI is InChI=1S/C19H15N3O4/c1-2-11-8-18(23)21-14-9-12(5-6-13(11)14)20-19(24)15-10-17(26-22-15)16-4-3-7-25-16/h3-10,13H,2H2,1H3,(H,21,23). The van der Waals surface area contributed by atoms with Gasteiger partial charge in [-0.05, 0) is 30.7 Å². The summed E-state index contributed by atoms with van der Waals surface area (Å²) in [5, 5.41) is 6.55. The Hall–Kier alpha value is -3.48. The second-order valence-electron chi connectivity index (χ2n) is 5.89. The Morgan fingerprint density at radius 2 is 2.23 bits per heavy atom. The second-order valence-corrected chi connectivity index (χ2v) is 5.89. The molecule has 1 N–H and O–H groups in total. The van der Waals surface area contributed by atoms with Gasteiger partial charge < -0.3 is 14.3 Å². The minimum atomic E-state index is -0.533. The molecule has 1 unspecified atom stereocenters. The Morgan fingerprint density at radius 3 is 3.00 bits per heavy atom. The molecular formula is C19H15N3O4. The van der Waals surface area contributed by atoms with Crippen molar-refractivity contribution in [2.24, 2.45) is 10.9 Å². The molecule has 0 radical (unpaired) electrons. The van der Waals surface area contributed by atoms with Crippen LogP contribution in [-0.2, 0) is 4.79 Å². The third-order valence-corrected chi connectivity index (χ3v) is 4.21. The fraction of sp³-hybridized carbons (Fsp3) is 0.158. The van der Waals surface area contributed by atoms with E-state index in [1.54, 1.807) is 30.4 Å². The quantitative estimate of drug-likeness (QED) is 0.918. The molecule has 7 nitrogen and oxygen atoms in total. The molecule has 1 aliphatic carbocycles.